The zero-order chi connectivity index (χ0) is 22.6. The van der Waals surface area contributed by atoms with Crippen molar-refractivity contribution in [2.45, 2.75) is 32.1 Å². The van der Waals surface area contributed by atoms with E-state index < -0.39 is 0 Å². The molecule has 3 heterocycles. The van der Waals surface area contributed by atoms with Crippen molar-refractivity contribution in [2.24, 2.45) is 0 Å². The number of methoxy groups -OCH3 is 1. The molecular weight excluding hydrogens is 416 g/mol. The lowest BCUT2D eigenvalue weighted by Crippen LogP contribution is -2.47. The number of fused-ring (bicyclic) bond motifs is 2. The second kappa shape index (κ2) is 9.79. The predicted octanol–water partition coefficient (Wildman–Crippen LogP) is 2.83. The van der Waals surface area contributed by atoms with Gasteiger partial charge in [-0.15, -0.1) is 0 Å². The number of H-pyrrole nitrogens is 1. The highest BCUT2D eigenvalue weighted by Gasteiger charge is 2.20. The molecule has 33 heavy (non-hydrogen) atoms. The van der Waals surface area contributed by atoms with Crippen LogP contribution in [0.3, 0.4) is 0 Å². The van der Waals surface area contributed by atoms with Gasteiger partial charge in [0.05, 0.1) is 12.8 Å². The van der Waals surface area contributed by atoms with Crippen LogP contribution in [0, 0.1) is 0 Å². The zero-order valence-corrected chi connectivity index (χ0v) is 19.3. The Morgan fingerprint density at radius 2 is 1.97 bits per heavy atom. The highest BCUT2D eigenvalue weighted by Crippen LogP contribution is 2.28. The van der Waals surface area contributed by atoms with E-state index in [1.807, 2.05) is 18.3 Å². The second-order valence-corrected chi connectivity index (χ2v) is 8.88. The molecule has 0 amide bonds. The maximum atomic E-state index is 12.3. The lowest BCUT2D eigenvalue weighted by molar-refractivity contribution is 0.257. The predicted molar refractivity (Wildman–Crippen MR) is 132 cm³/mol. The number of pyridine rings is 1. The number of hydrogen-bond donors (Lipinski definition) is 2. The first kappa shape index (κ1) is 21.7. The van der Waals surface area contributed by atoms with E-state index in [0.29, 0.717) is 5.95 Å². The van der Waals surface area contributed by atoms with Gasteiger partial charge in [-0.1, -0.05) is 6.07 Å². The summed E-state index contributed by atoms with van der Waals surface area (Å²) in [5.74, 6) is 2.51. The molecule has 8 nitrogen and oxygen atoms in total. The van der Waals surface area contributed by atoms with Crippen LogP contribution < -0.4 is 20.5 Å². The molecule has 0 atom stereocenters. The quantitative estimate of drug-likeness (QED) is 0.538. The van der Waals surface area contributed by atoms with Gasteiger partial charge in [-0.3, -0.25) is 14.7 Å². The number of nitrogens with zero attached hydrogens (tertiary/aromatic N) is 4. The molecule has 0 spiro atoms. The van der Waals surface area contributed by atoms with Gasteiger partial charge in [-0.25, -0.2) is 9.97 Å². The van der Waals surface area contributed by atoms with Crippen LogP contribution in [0.4, 0.5) is 11.8 Å². The third kappa shape index (κ3) is 4.80. The first-order chi connectivity index (χ1) is 16.2. The van der Waals surface area contributed by atoms with Crippen molar-refractivity contribution < 1.29 is 4.74 Å². The Morgan fingerprint density at radius 1 is 1.12 bits per heavy atom. The summed E-state index contributed by atoms with van der Waals surface area (Å²) in [6.07, 6.45) is 6.87. The highest BCUT2D eigenvalue weighted by molar-refractivity contribution is 5.93. The molecule has 1 aromatic carbocycles. The normalized spacial score (nSPS) is 16.6. The minimum Gasteiger partial charge on any atom is -0.497 e. The molecule has 3 aromatic rings. The topological polar surface area (TPSA) is 86.4 Å². The van der Waals surface area contributed by atoms with Crippen molar-refractivity contribution >= 4 is 22.5 Å². The van der Waals surface area contributed by atoms with E-state index in [4.69, 9.17) is 4.74 Å². The molecule has 1 fully saturated rings. The third-order valence-electron chi connectivity index (χ3n) is 6.76. The Labute approximate surface area is 194 Å². The van der Waals surface area contributed by atoms with E-state index in [1.165, 1.54) is 5.39 Å². The summed E-state index contributed by atoms with van der Waals surface area (Å²) in [6.45, 7) is 5.75. The van der Waals surface area contributed by atoms with Crippen molar-refractivity contribution in [3.05, 3.63) is 52.1 Å². The van der Waals surface area contributed by atoms with Crippen molar-refractivity contribution in [1.82, 2.24) is 19.9 Å². The maximum absolute atomic E-state index is 12.3. The summed E-state index contributed by atoms with van der Waals surface area (Å²) < 4.78 is 5.42. The number of rotatable bonds is 7. The number of aryl methyl sites for hydroxylation is 1. The van der Waals surface area contributed by atoms with Crippen LogP contribution in [0.25, 0.3) is 10.8 Å². The molecule has 0 saturated carbocycles. The van der Waals surface area contributed by atoms with E-state index in [0.717, 1.165) is 99.6 Å². The van der Waals surface area contributed by atoms with Crippen LogP contribution in [-0.4, -0.2) is 66.2 Å². The van der Waals surface area contributed by atoms with Crippen LogP contribution in [-0.2, 0) is 12.8 Å². The number of piperazine rings is 1. The minimum atomic E-state index is 0.0259. The van der Waals surface area contributed by atoms with E-state index in [-0.39, 0.29) is 5.56 Å². The maximum Gasteiger partial charge on any atom is 0.255 e. The van der Waals surface area contributed by atoms with Gasteiger partial charge in [0.15, 0.2) is 0 Å². The molecule has 2 aromatic heterocycles. The first-order valence-corrected chi connectivity index (χ1v) is 12.0. The molecule has 5 rings (SSSR count). The van der Waals surface area contributed by atoms with Crippen molar-refractivity contribution in [2.75, 3.05) is 56.6 Å². The largest absolute Gasteiger partial charge is 0.497 e. The molecule has 0 unspecified atom stereocenters. The summed E-state index contributed by atoms with van der Waals surface area (Å²) in [4.78, 5) is 29.4. The number of nitrogens with one attached hydrogen (secondary N) is 2. The Balaban J connectivity index is 1.12. The van der Waals surface area contributed by atoms with Gasteiger partial charge in [0.25, 0.3) is 5.56 Å². The monoisotopic (exact) mass is 448 g/mol. The van der Waals surface area contributed by atoms with Crippen molar-refractivity contribution in [1.29, 1.82) is 0 Å². The Bertz CT molecular complexity index is 1170. The van der Waals surface area contributed by atoms with Gasteiger partial charge in [-0.2, -0.15) is 0 Å². The molecular formula is C25H32N6O2. The van der Waals surface area contributed by atoms with Crippen LogP contribution in [0.1, 0.15) is 30.5 Å². The minimum absolute atomic E-state index is 0.0259. The van der Waals surface area contributed by atoms with Crippen LogP contribution in [0.15, 0.2) is 35.3 Å². The first-order valence-electron chi connectivity index (χ1n) is 12.0. The van der Waals surface area contributed by atoms with E-state index in [2.05, 4.69) is 42.2 Å². The number of anilines is 2. The number of aromatic amines is 1. The fraction of sp³-hybridized carbons (Fsp3) is 0.480. The van der Waals surface area contributed by atoms with Gasteiger partial charge in [0, 0.05) is 49.9 Å². The summed E-state index contributed by atoms with van der Waals surface area (Å²) in [6, 6.07) is 8.21. The standard InChI is InChI=1S/C25H32N6O2/c1-33-19-8-7-18-9-11-26-23(21(18)17-19)31-15-13-30(14-16-31)12-4-10-27-25-28-22-6-3-2-5-20(22)24(32)29-25/h7-9,11,17H,2-6,10,12-16H2,1H3,(H2,27,28,29,32). The van der Waals surface area contributed by atoms with Crippen LogP contribution >= 0.6 is 0 Å². The van der Waals surface area contributed by atoms with Crippen molar-refractivity contribution in [3.8, 4) is 5.75 Å². The Morgan fingerprint density at radius 3 is 2.82 bits per heavy atom. The summed E-state index contributed by atoms with van der Waals surface area (Å²) in [7, 11) is 1.70. The Hall–Kier alpha value is -3.13. The van der Waals surface area contributed by atoms with Crippen LogP contribution in [0.2, 0.25) is 0 Å². The summed E-state index contributed by atoms with van der Waals surface area (Å²) in [5, 5.41) is 5.64. The van der Waals surface area contributed by atoms with Gasteiger partial charge in [0.1, 0.15) is 11.6 Å². The lowest BCUT2D eigenvalue weighted by atomic mass is 9.97. The summed E-state index contributed by atoms with van der Waals surface area (Å²) in [5.41, 5.74) is 1.88. The fourth-order valence-electron chi connectivity index (χ4n) is 4.89. The molecule has 2 aliphatic rings. The average molecular weight is 449 g/mol. The van der Waals surface area contributed by atoms with Crippen molar-refractivity contribution in [3.63, 3.8) is 0 Å². The van der Waals surface area contributed by atoms with Gasteiger partial charge >= 0.3 is 0 Å². The molecule has 1 aliphatic heterocycles. The second-order valence-electron chi connectivity index (χ2n) is 8.88. The van der Waals surface area contributed by atoms with E-state index in [9.17, 15) is 4.79 Å². The van der Waals surface area contributed by atoms with Gasteiger partial charge in [0.2, 0.25) is 5.95 Å². The molecule has 0 bridgehead atoms. The number of benzene rings is 1. The van der Waals surface area contributed by atoms with E-state index in [1.54, 1.807) is 7.11 Å². The fourth-order valence-corrected chi connectivity index (χ4v) is 4.89. The molecule has 174 valence electrons. The third-order valence-corrected chi connectivity index (χ3v) is 6.76. The number of hydrogen-bond acceptors (Lipinski definition) is 7. The van der Waals surface area contributed by atoms with E-state index >= 15 is 0 Å². The molecule has 0 radical (unpaired) electrons. The van der Waals surface area contributed by atoms with Crippen LogP contribution in [0.5, 0.6) is 5.75 Å². The molecule has 1 aliphatic carbocycles. The average Bonchev–Trinajstić information content (AvgIpc) is 2.86. The molecule has 1 saturated heterocycles. The smallest absolute Gasteiger partial charge is 0.255 e. The SMILES string of the molecule is COc1ccc2ccnc(N3CCN(CCCNc4nc5c(c(=O)[nH]4)CCCC5)CC3)c2c1. The van der Waals surface area contributed by atoms with Gasteiger partial charge < -0.3 is 15.0 Å². The number of aromatic nitrogens is 3. The summed E-state index contributed by atoms with van der Waals surface area (Å²) >= 11 is 0. The highest BCUT2D eigenvalue weighted by atomic mass is 16.5. The van der Waals surface area contributed by atoms with Gasteiger partial charge in [-0.05, 0) is 62.2 Å². The molecule has 8 heteroatoms. The zero-order valence-electron chi connectivity index (χ0n) is 19.3. The number of ether oxygens (including phenoxy) is 1. The lowest BCUT2D eigenvalue weighted by Gasteiger charge is -2.36. The Kier molecular flexibility index (Phi) is 6.44. The molecule has 2 N–H and O–H groups in total.